The Morgan fingerprint density at radius 1 is 1.10 bits per heavy atom. The molecule has 0 aliphatic heterocycles. The van der Waals surface area contributed by atoms with Crippen LogP contribution < -0.4 is 11.1 Å². The zero-order chi connectivity index (χ0) is 15.4. The number of hydrogen-bond donors (Lipinski definition) is 2. The van der Waals surface area contributed by atoms with Gasteiger partial charge in [-0.25, -0.2) is 4.79 Å². The first-order chi connectivity index (χ1) is 10.0. The molecule has 108 valence electrons. The molecule has 3 N–H and O–H groups in total. The van der Waals surface area contributed by atoms with Crippen molar-refractivity contribution in [3.05, 3.63) is 58.6 Å². The number of carbonyl (C=O) groups excluding carboxylic acids is 2. The van der Waals surface area contributed by atoms with Crippen molar-refractivity contribution in [3.8, 4) is 0 Å². The Labute approximate surface area is 126 Å². The molecule has 0 aliphatic carbocycles. The first kappa shape index (κ1) is 14.9. The van der Waals surface area contributed by atoms with E-state index in [0.717, 1.165) is 0 Å². The molecule has 0 spiro atoms. The van der Waals surface area contributed by atoms with Crippen LogP contribution in [0.2, 0.25) is 5.02 Å². The van der Waals surface area contributed by atoms with Gasteiger partial charge in [0, 0.05) is 11.3 Å². The highest BCUT2D eigenvalue weighted by atomic mass is 35.5. The van der Waals surface area contributed by atoms with Gasteiger partial charge in [0.25, 0.3) is 5.91 Å². The van der Waals surface area contributed by atoms with Gasteiger partial charge in [0.05, 0.1) is 23.4 Å². The Balaban J connectivity index is 2.24. The van der Waals surface area contributed by atoms with Gasteiger partial charge in [-0.15, -0.1) is 0 Å². The molecule has 2 aromatic carbocycles. The Hall–Kier alpha value is -2.53. The van der Waals surface area contributed by atoms with Crippen molar-refractivity contribution in [2.45, 2.75) is 0 Å². The number of rotatable bonds is 3. The van der Waals surface area contributed by atoms with Crippen molar-refractivity contribution < 1.29 is 14.3 Å². The van der Waals surface area contributed by atoms with Crippen LogP contribution >= 0.6 is 11.6 Å². The number of nitrogens with two attached hydrogens (primary N) is 1. The number of benzene rings is 2. The summed E-state index contributed by atoms with van der Waals surface area (Å²) in [6.45, 7) is 0. The lowest BCUT2D eigenvalue weighted by Crippen LogP contribution is -2.13. The molecule has 0 aliphatic rings. The average Bonchev–Trinajstić information content (AvgIpc) is 2.49. The SMILES string of the molecule is COC(=O)c1ccc(Cl)c(NC(=O)c2ccc(N)cc2)c1. The summed E-state index contributed by atoms with van der Waals surface area (Å²) >= 11 is 6.01. The van der Waals surface area contributed by atoms with Crippen LogP contribution in [0.15, 0.2) is 42.5 Å². The molecule has 0 heterocycles. The minimum absolute atomic E-state index is 0.300. The second-order valence-electron chi connectivity index (χ2n) is 4.26. The van der Waals surface area contributed by atoms with Crippen LogP contribution in [-0.4, -0.2) is 19.0 Å². The van der Waals surface area contributed by atoms with Gasteiger partial charge in [-0.05, 0) is 42.5 Å². The average molecular weight is 305 g/mol. The molecule has 1 amide bonds. The molecule has 21 heavy (non-hydrogen) atoms. The maximum absolute atomic E-state index is 12.1. The molecular weight excluding hydrogens is 292 g/mol. The van der Waals surface area contributed by atoms with Crippen LogP contribution in [0.3, 0.4) is 0 Å². The second-order valence-corrected chi connectivity index (χ2v) is 4.67. The monoisotopic (exact) mass is 304 g/mol. The molecule has 0 fully saturated rings. The number of ether oxygens (including phenoxy) is 1. The Kier molecular flexibility index (Phi) is 4.45. The number of halogens is 1. The van der Waals surface area contributed by atoms with Crippen molar-refractivity contribution >= 4 is 34.9 Å². The van der Waals surface area contributed by atoms with Crippen molar-refractivity contribution in [3.63, 3.8) is 0 Å². The number of carbonyl (C=O) groups is 2. The molecule has 0 radical (unpaired) electrons. The van der Waals surface area contributed by atoms with Gasteiger partial charge in [-0.1, -0.05) is 11.6 Å². The van der Waals surface area contributed by atoms with Gasteiger partial charge >= 0.3 is 5.97 Å². The van der Waals surface area contributed by atoms with E-state index in [1.807, 2.05) is 0 Å². The van der Waals surface area contributed by atoms with Crippen LogP contribution in [-0.2, 0) is 4.74 Å². The lowest BCUT2D eigenvalue weighted by Gasteiger charge is -2.09. The summed E-state index contributed by atoms with van der Waals surface area (Å²) < 4.78 is 4.63. The zero-order valence-corrected chi connectivity index (χ0v) is 12.0. The minimum Gasteiger partial charge on any atom is -0.465 e. The van der Waals surface area contributed by atoms with Crippen LogP contribution in [0.25, 0.3) is 0 Å². The number of esters is 1. The summed E-state index contributed by atoms with van der Waals surface area (Å²) in [6, 6.07) is 11.0. The van der Waals surface area contributed by atoms with E-state index in [0.29, 0.717) is 27.5 Å². The fourth-order valence-corrected chi connectivity index (χ4v) is 1.86. The van der Waals surface area contributed by atoms with E-state index in [9.17, 15) is 9.59 Å². The van der Waals surface area contributed by atoms with E-state index >= 15 is 0 Å². The van der Waals surface area contributed by atoms with E-state index in [1.54, 1.807) is 24.3 Å². The van der Waals surface area contributed by atoms with E-state index < -0.39 is 5.97 Å². The van der Waals surface area contributed by atoms with Gasteiger partial charge in [0.2, 0.25) is 0 Å². The number of nitrogens with one attached hydrogen (secondary N) is 1. The Morgan fingerprint density at radius 2 is 1.71 bits per heavy atom. The highest BCUT2D eigenvalue weighted by Crippen LogP contribution is 2.24. The quantitative estimate of drug-likeness (QED) is 0.674. The maximum atomic E-state index is 12.1. The zero-order valence-electron chi connectivity index (χ0n) is 11.2. The number of methoxy groups -OCH3 is 1. The molecule has 6 heteroatoms. The van der Waals surface area contributed by atoms with Gasteiger partial charge < -0.3 is 15.8 Å². The van der Waals surface area contributed by atoms with Crippen LogP contribution in [0.5, 0.6) is 0 Å². The molecule has 5 nitrogen and oxygen atoms in total. The summed E-state index contributed by atoms with van der Waals surface area (Å²) in [5.74, 6) is -0.853. The van der Waals surface area contributed by atoms with E-state index in [1.165, 1.54) is 25.3 Å². The van der Waals surface area contributed by atoms with Gasteiger partial charge in [-0.3, -0.25) is 4.79 Å². The highest BCUT2D eigenvalue weighted by Gasteiger charge is 2.12. The lowest BCUT2D eigenvalue weighted by atomic mass is 10.1. The van der Waals surface area contributed by atoms with E-state index in [-0.39, 0.29) is 5.91 Å². The third kappa shape index (κ3) is 3.52. The topological polar surface area (TPSA) is 81.4 Å². The van der Waals surface area contributed by atoms with Gasteiger partial charge in [0.15, 0.2) is 0 Å². The molecule has 0 bridgehead atoms. The molecule has 2 aromatic rings. The minimum atomic E-state index is -0.505. The second kappa shape index (κ2) is 6.28. The Morgan fingerprint density at radius 3 is 2.33 bits per heavy atom. The third-order valence-corrected chi connectivity index (χ3v) is 3.14. The van der Waals surface area contributed by atoms with Crippen molar-refractivity contribution in [2.75, 3.05) is 18.2 Å². The summed E-state index contributed by atoms with van der Waals surface area (Å²) in [4.78, 5) is 23.6. The summed E-state index contributed by atoms with van der Waals surface area (Å²) in [6.07, 6.45) is 0. The third-order valence-electron chi connectivity index (χ3n) is 2.81. The molecule has 0 aromatic heterocycles. The summed E-state index contributed by atoms with van der Waals surface area (Å²) in [5, 5.41) is 2.97. The highest BCUT2D eigenvalue weighted by molar-refractivity contribution is 6.34. The number of nitrogen functional groups attached to an aromatic ring is 1. The molecule has 0 atom stereocenters. The maximum Gasteiger partial charge on any atom is 0.337 e. The molecule has 2 rings (SSSR count). The van der Waals surface area contributed by atoms with Gasteiger partial charge in [-0.2, -0.15) is 0 Å². The van der Waals surface area contributed by atoms with Gasteiger partial charge in [0.1, 0.15) is 0 Å². The molecule has 0 saturated heterocycles. The fourth-order valence-electron chi connectivity index (χ4n) is 1.69. The summed E-state index contributed by atoms with van der Waals surface area (Å²) in [5.41, 5.74) is 7.20. The Bertz CT molecular complexity index is 684. The first-order valence-corrected chi connectivity index (χ1v) is 6.44. The largest absolute Gasteiger partial charge is 0.465 e. The standard InChI is InChI=1S/C15H13ClN2O3/c1-21-15(20)10-4-7-12(16)13(8-10)18-14(19)9-2-5-11(17)6-3-9/h2-8H,17H2,1H3,(H,18,19). The first-order valence-electron chi connectivity index (χ1n) is 6.06. The number of anilines is 2. The fraction of sp³-hybridized carbons (Fsp3) is 0.0667. The number of hydrogen-bond acceptors (Lipinski definition) is 4. The lowest BCUT2D eigenvalue weighted by molar-refractivity contribution is 0.0600. The van der Waals surface area contributed by atoms with Crippen molar-refractivity contribution in [2.24, 2.45) is 0 Å². The normalized spacial score (nSPS) is 10.0. The van der Waals surface area contributed by atoms with Crippen LogP contribution in [0.1, 0.15) is 20.7 Å². The smallest absolute Gasteiger partial charge is 0.337 e. The van der Waals surface area contributed by atoms with Crippen molar-refractivity contribution in [1.82, 2.24) is 0 Å². The number of amides is 1. The van der Waals surface area contributed by atoms with Crippen LogP contribution in [0, 0.1) is 0 Å². The summed E-state index contributed by atoms with van der Waals surface area (Å²) in [7, 11) is 1.28. The van der Waals surface area contributed by atoms with Crippen molar-refractivity contribution in [1.29, 1.82) is 0 Å². The molecule has 0 saturated carbocycles. The van der Waals surface area contributed by atoms with Crippen LogP contribution in [0.4, 0.5) is 11.4 Å². The van der Waals surface area contributed by atoms with E-state index in [4.69, 9.17) is 17.3 Å². The predicted molar refractivity (Wildman–Crippen MR) is 81.6 cm³/mol. The van der Waals surface area contributed by atoms with E-state index in [2.05, 4.69) is 10.1 Å². The molecular formula is C15H13ClN2O3. The predicted octanol–water partition coefficient (Wildman–Crippen LogP) is 2.96. The molecule has 0 unspecified atom stereocenters.